The Bertz CT molecular complexity index is 972. The number of nitrogens with one attached hydrogen (secondary N) is 1. The van der Waals surface area contributed by atoms with Gasteiger partial charge in [0.15, 0.2) is 0 Å². The molecule has 1 aliphatic heterocycles. The van der Waals surface area contributed by atoms with Crippen LogP contribution in [0.15, 0.2) is 18.2 Å². The number of rotatable bonds is 3. The fraction of sp³-hybridized carbons (Fsp3) is 0.524. The van der Waals surface area contributed by atoms with Crippen molar-refractivity contribution in [3.05, 3.63) is 46.5 Å². The van der Waals surface area contributed by atoms with E-state index >= 15 is 0 Å². The minimum atomic E-state index is -0.526. The van der Waals surface area contributed by atoms with Gasteiger partial charge in [0.25, 0.3) is 5.91 Å². The number of amides is 2. The first-order chi connectivity index (χ1) is 13.8. The molecule has 154 valence electrons. The van der Waals surface area contributed by atoms with Crippen molar-refractivity contribution in [1.29, 1.82) is 0 Å². The Morgan fingerprint density at radius 1 is 1.34 bits per heavy atom. The predicted octanol–water partition coefficient (Wildman–Crippen LogP) is 1.79. The number of aryl methyl sites for hydroxylation is 3. The zero-order valence-corrected chi connectivity index (χ0v) is 17.0. The topological polar surface area (TPSA) is 80.1 Å². The normalized spacial score (nSPS) is 23.7. The average Bonchev–Trinajstić information content (AvgIpc) is 3.26. The van der Waals surface area contributed by atoms with Crippen LogP contribution in [0.3, 0.4) is 0 Å². The molecule has 1 N–H and O–H groups in total. The number of likely N-dealkylation sites (tertiary alicyclic amines) is 1. The first kappa shape index (κ1) is 19.5. The van der Waals surface area contributed by atoms with Crippen molar-refractivity contribution >= 4 is 11.8 Å². The lowest BCUT2D eigenvalue weighted by atomic mass is 9.88. The monoisotopic (exact) mass is 399 g/mol. The molecule has 2 unspecified atom stereocenters. The second-order valence-corrected chi connectivity index (χ2v) is 8.53. The average molecular weight is 399 g/mol. The molecule has 1 saturated heterocycles. The zero-order chi connectivity index (χ0) is 20.8. The van der Waals surface area contributed by atoms with Gasteiger partial charge in [-0.3, -0.25) is 14.3 Å². The number of fused-ring (bicyclic) bond motifs is 1. The van der Waals surface area contributed by atoms with E-state index in [1.54, 1.807) is 23.7 Å². The fourth-order valence-electron chi connectivity index (χ4n) is 4.31. The number of carbonyl (C=O) groups is 2. The molecule has 4 rings (SSSR count). The van der Waals surface area contributed by atoms with E-state index in [4.69, 9.17) is 0 Å². The van der Waals surface area contributed by atoms with Gasteiger partial charge in [0.1, 0.15) is 5.82 Å². The molecule has 1 fully saturated rings. The first-order valence-corrected chi connectivity index (χ1v) is 10.0. The number of carbonyl (C=O) groups excluding carboxylic acids is 2. The van der Waals surface area contributed by atoms with Crippen LogP contribution < -0.4 is 5.32 Å². The van der Waals surface area contributed by atoms with Crippen molar-refractivity contribution in [3.8, 4) is 0 Å². The Hall–Kier alpha value is -2.77. The van der Waals surface area contributed by atoms with Gasteiger partial charge in [-0.2, -0.15) is 0 Å². The minimum Gasteiger partial charge on any atom is -0.345 e. The van der Waals surface area contributed by atoms with E-state index in [-0.39, 0.29) is 17.7 Å². The van der Waals surface area contributed by atoms with Crippen LogP contribution in [0.4, 0.5) is 4.39 Å². The Morgan fingerprint density at radius 2 is 2.14 bits per heavy atom. The molecule has 0 saturated carbocycles. The van der Waals surface area contributed by atoms with Gasteiger partial charge in [-0.1, -0.05) is 11.3 Å². The van der Waals surface area contributed by atoms with Crippen molar-refractivity contribution < 1.29 is 14.0 Å². The Labute approximate surface area is 169 Å². The summed E-state index contributed by atoms with van der Waals surface area (Å²) in [7, 11) is 1.86. The SMILES string of the molecule is Cc1ccc(C(=O)NC2(C)CCN(C(=O)C3CCc4nnn(C)c4C3)C2)cc1F. The van der Waals surface area contributed by atoms with Gasteiger partial charge in [-0.05, 0) is 50.8 Å². The third kappa shape index (κ3) is 3.75. The smallest absolute Gasteiger partial charge is 0.251 e. The van der Waals surface area contributed by atoms with Gasteiger partial charge in [0, 0.05) is 38.0 Å². The molecule has 8 heteroatoms. The molecule has 1 aromatic carbocycles. The van der Waals surface area contributed by atoms with Crippen molar-refractivity contribution in [1.82, 2.24) is 25.2 Å². The van der Waals surface area contributed by atoms with Gasteiger partial charge in [0.2, 0.25) is 5.91 Å². The molecular weight excluding hydrogens is 373 g/mol. The molecule has 1 aliphatic carbocycles. The van der Waals surface area contributed by atoms with Crippen LogP contribution in [0.5, 0.6) is 0 Å². The molecule has 0 radical (unpaired) electrons. The van der Waals surface area contributed by atoms with Crippen LogP contribution in [-0.4, -0.2) is 50.3 Å². The summed E-state index contributed by atoms with van der Waals surface area (Å²) in [6.45, 7) is 4.66. The largest absolute Gasteiger partial charge is 0.345 e. The number of benzene rings is 1. The van der Waals surface area contributed by atoms with E-state index in [0.29, 0.717) is 37.1 Å². The van der Waals surface area contributed by atoms with E-state index in [9.17, 15) is 14.0 Å². The quantitative estimate of drug-likeness (QED) is 0.853. The Balaban J connectivity index is 1.40. The van der Waals surface area contributed by atoms with Crippen molar-refractivity contribution in [2.24, 2.45) is 13.0 Å². The third-order valence-corrected chi connectivity index (χ3v) is 6.18. The van der Waals surface area contributed by atoms with E-state index in [0.717, 1.165) is 24.2 Å². The highest BCUT2D eigenvalue weighted by Gasteiger charge is 2.40. The van der Waals surface area contributed by atoms with Gasteiger partial charge in [0.05, 0.1) is 16.9 Å². The van der Waals surface area contributed by atoms with Crippen LogP contribution in [-0.2, 0) is 24.7 Å². The van der Waals surface area contributed by atoms with E-state index < -0.39 is 11.4 Å². The van der Waals surface area contributed by atoms with Crippen LogP contribution in [0.1, 0.15) is 47.1 Å². The van der Waals surface area contributed by atoms with Crippen LogP contribution in [0, 0.1) is 18.7 Å². The molecule has 2 aromatic rings. The number of aromatic nitrogens is 3. The lowest BCUT2D eigenvalue weighted by Gasteiger charge is -2.29. The van der Waals surface area contributed by atoms with Gasteiger partial charge >= 0.3 is 0 Å². The Morgan fingerprint density at radius 3 is 2.90 bits per heavy atom. The van der Waals surface area contributed by atoms with Crippen molar-refractivity contribution in [2.45, 2.75) is 45.1 Å². The molecule has 7 nitrogen and oxygen atoms in total. The lowest BCUT2D eigenvalue weighted by molar-refractivity contribution is -0.135. The maximum Gasteiger partial charge on any atom is 0.251 e. The summed E-state index contributed by atoms with van der Waals surface area (Å²) in [6.07, 6.45) is 2.86. The number of hydrogen-bond acceptors (Lipinski definition) is 4. The van der Waals surface area contributed by atoms with E-state index in [1.165, 1.54) is 6.07 Å². The van der Waals surface area contributed by atoms with Crippen molar-refractivity contribution in [3.63, 3.8) is 0 Å². The number of halogens is 1. The molecule has 2 heterocycles. The number of nitrogens with zero attached hydrogens (tertiary/aromatic N) is 4. The number of hydrogen-bond donors (Lipinski definition) is 1. The second-order valence-electron chi connectivity index (χ2n) is 8.53. The highest BCUT2D eigenvalue weighted by atomic mass is 19.1. The molecule has 2 amide bonds. The maximum absolute atomic E-state index is 13.8. The molecule has 29 heavy (non-hydrogen) atoms. The molecule has 0 bridgehead atoms. The second kappa shape index (κ2) is 7.24. The maximum atomic E-state index is 13.8. The van der Waals surface area contributed by atoms with Crippen LogP contribution in [0.25, 0.3) is 0 Å². The van der Waals surface area contributed by atoms with Gasteiger partial charge < -0.3 is 10.2 Å². The molecule has 1 aromatic heterocycles. The van der Waals surface area contributed by atoms with E-state index in [1.807, 2.05) is 18.9 Å². The summed E-state index contributed by atoms with van der Waals surface area (Å²) in [5.74, 6) is -0.670. The standard InChI is InChI=1S/C21H26FN5O2/c1-13-4-5-14(10-16(13)22)19(28)23-21(2)8-9-27(12-21)20(29)15-6-7-17-18(11-15)26(3)25-24-17/h4-5,10,15H,6-9,11-12H2,1-3H3,(H,23,28). The third-order valence-electron chi connectivity index (χ3n) is 6.18. The highest BCUT2D eigenvalue weighted by molar-refractivity contribution is 5.95. The molecule has 2 atom stereocenters. The minimum absolute atomic E-state index is 0.0797. The summed E-state index contributed by atoms with van der Waals surface area (Å²) in [6, 6.07) is 4.48. The van der Waals surface area contributed by atoms with Gasteiger partial charge in [-0.15, -0.1) is 5.10 Å². The van der Waals surface area contributed by atoms with E-state index in [2.05, 4.69) is 15.6 Å². The zero-order valence-electron chi connectivity index (χ0n) is 17.0. The van der Waals surface area contributed by atoms with Gasteiger partial charge in [-0.25, -0.2) is 4.39 Å². The highest BCUT2D eigenvalue weighted by Crippen LogP contribution is 2.29. The predicted molar refractivity (Wildman–Crippen MR) is 105 cm³/mol. The molecule has 2 aliphatic rings. The fourth-order valence-corrected chi connectivity index (χ4v) is 4.31. The van der Waals surface area contributed by atoms with Crippen molar-refractivity contribution in [2.75, 3.05) is 13.1 Å². The van der Waals surface area contributed by atoms with Crippen LogP contribution >= 0.6 is 0 Å². The molecule has 0 spiro atoms. The first-order valence-electron chi connectivity index (χ1n) is 10.0. The summed E-state index contributed by atoms with van der Waals surface area (Å²) < 4.78 is 15.5. The summed E-state index contributed by atoms with van der Waals surface area (Å²) in [5.41, 5.74) is 2.29. The summed E-state index contributed by atoms with van der Waals surface area (Å²) in [5, 5.41) is 11.2. The summed E-state index contributed by atoms with van der Waals surface area (Å²) in [4.78, 5) is 27.5. The molecular formula is C21H26FN5O2. The van der Waals surface area contributed by atoms with Crippen LogP contribution in [0.2, 0.25) is 0 Å². The Kier molecular flexibility index (Phi) is 4.88. The summed E-state index contributed by atoms with van der Waals surface area (Å²) >= 11 is 0. The lowest BCUT2D eigenvalue weighted by Crippen LogP contribution is -2.49.